The second-order valence-electron chi connectivity index (χ2n) is 5.87. The van der Waals surface area contributed by atoms with Gasteiger partial charge in [-0.3, -0.25) is 4.79 Å². The molecule has 0 aromatic carbocycles. The van der Waals surface area contributed by atoms with Gasteiger partial charge >= 0.3 is 0 Å². The summed E-state index contributed by atoms with van der Waals surface area (Å²) in [6, 6.07) is 0.498. The molecular weight excluding hydrogens is 285 g/mol. The smallest absolute Gasteiger partial charge is 0.242 e. The number of amides is 1. The highest BCUT2D eigenvalue weighted by Gasteiger charge is 2.41. The number of likely N-dealkylation sites (N-methyl/N-ethyl adjacent to an activating group) is 1. The average molecular weight is 312 g/mol. The first-order chi connectivity index (χ1) is 8.03. The predicted octanol–water partition coefficient (Wildman–Crippen LogP) is 1.65. The summed E-state index contributed by atoms with van der Waals surface area (Å²) < 4.78 is 0. The lowest BCUT2D eigenvalue weighted by Crippen LogP contribution is -2.57. The molecule has 19 heavy (non-hydrogen) atoms. The van der Waals surface area contributed by atoms with Crippen molar-refractivity contribution in [3.63, 3.8) is 0 Å². The maximum Gasteiger partial charge on any atom is 0.242 e. The molecule has 2 aliphatic rings. The third-order valence-electron chi connectivity index (χ3n) is 4.34. The summed E-state index contributed by atoms with van der Waals surface area (Å²) in [6.07, 6.45) is 6.24. The van der Waals surface area contributed by atoms with E-state index in [1.54, 1.807) is 0 Å². The molecule has 1 aliphatic carbocycles. The summed E-state index contributed by atoms with van der Waals surface area (Å²) >= 11 is 0. The van der Waals surface area contributed by atoms with Gasteiger partial charge in [-0.2, -0.15) is 0 Å². The number of nitrogens with two attached hydrogens (primary N) is 1. The van der Waals surface area contributed by atoms with E-state index < -0.39 is 5.54 Å². The van der Waals surface area contributed by atoms with Crippen molar-refractivity contribution in [3.8, 4) is 0 Å². The lowest BCUT2D eigenvalue weighted by atomic mass is 9.95. The summed E-state index contributed by atoms with van der Waals surface area (Å²) in [5.74, 6) is 0.196. The van der Waals surface area contributed by atoms with Crippen LogP contribution in [0.15, 0.2) is 0 Å². The van der Waals surface area contributed by atoms with Crippen molar-refractivity contribution in [2.24, 2.45) is 5.73 Å². The fraction of sp³-hybridized carbons (Fsp3) is 0.923. The van der Waals surface area contributed by atoms with Crippen molar-refractivity contribution in [1.82, 2.24) is 9.80 Å². The Morgan fingerprint density at radius 1 is 1.21 bits per heavy atom. The van der Waals surface area contributed by atoms with Gasteiger partial charge in [-0.25, -0.2) is 0 Å². The number of hydrogen-bond donors (Lipinski definition) is 1. The minimum absolute atomic E-state index is 0. The number of halogens is 2. The van der Waals surface area contributed by atoms with E-state index in [0.717, 1.165) is 45.2 Å². The van der Waals surface area contributed by atoms with Crippen LogP contribution >= 0.6 is 24.8 Å². The third-order valence-corrected chi connectivity index (χ3v) is 4.34. The lowest BCUT2D eigenvalue weighted by molar-refractivity contribution is -0.138. The van der Waals surface area contributed by atoms with Gasteiger partial charge in [0.25, 0.3) is 0 Å². The zero-order valence-electron chi connectivity index (χ0n) is 11.9. The maximum absolute atomic E-state index is 12.5. The van der Waals surface area contributed by atoms with Crippen LogP contribution in [0.3, 0.4) is 0 Å². The van der Waals surface area contributed by atoms with E-state index in [1.807, 2.05) is 4.90 Å². The molecule has 6 heteroatoms. The zero-order chi connectivity index (χ0) is 12.5. The first-order valence-electron chi connectivity index (χ1n) is 6.78. The molecule has 0 bridgehead atoms. The van der Waals surface area contributed by atoms with Crippen molar-refractivity contribution in [2.75, 3.05) is 27.2 Å². The number of nitrogens with zero attached hydrogens (tertiary/aromatic N) is 2. The van der Waals surface area contributed by atoms with Crippen molar-refractivity contribution >= 4 is 30.7 Å². The number of rotatable bonds is 2. The molecule has 1 atom stereocenters. The van der Waals surface area contributed by atoms with Crippen molar-refractivity contribution in [3.05, 3.63) is 0 Å². The molecule has 2 rings (SSSR count). The van der Waals surface area contributed by atoms with E-state index in [2.05, 4.69) is 19.0 Å². The SMILES string of the molecule is CN(C)C1CCCN(C(=O)C2(N)CCCC2)C1.Cl.Cl. The van der Waals surface area contributed by atoms with Crippen LogP contribution < -0.4 is 5.73 Å². The molecule has 0 spiro atoms. The molecular formula is C13H27Cl2N3O. The summed E-state index contributed by atoms with van der Waals surface area (Å²) in [6.45, 7) is 1.74. The first-order valence-corrected chi connectivity index (χ1v) is 6.78. The van der Waals surface area contributed by atoms with Crippen molar-refractivity contribution < 1.29 is 4.79 Å². The van der Waals surface area contributed by atoms with Gasteiger partial charge in [0.15, 0.2) is 0 Å². The van der Waals surface area contributed by atoms with Crippen LogP contribution in [-0.2, 0) is 4.79 Å². The second kappa shape index (κ2) is 7.67. The molecule has 114 valence electrons. The largest absolute Gasteiger partial charge is 0.340 e. The van der Waals surface area contributed by atoms with Gasteiger partial charge in [-0.1, -0.05) is 12.8 Å². The van der Waals surface area contributed by atoms with Gasteiger partial charge in [0, 0.05) is 19.1 Å². The fourth-order valence-electron chi connectivity index (χ4n) is 3.10. The molecule has 1 unspecified atom stereocenters. The summed E-state index contributed by atoms with van der Waals surface area (Å²) in [7, 11) is 4.18. The molecule has 1 amide bonds. The van der Waals surface area contributed by atoms with E-state index in [0.29, 0.717) is 6.04 Å². The Hall–Kier alpha value is -0.0300. The zero-order valence-corrected chi connectivity index (χ0v) is 13.6. The highest BCUT2D eigenvalue weighted by molar-refractivity contribution is 5.86. The molecule has 2 fully saturated rings. The first kappa shape index (κ1) is 19.0. The molecule has 0 radical (unpaired) electrons. The van der Waals surface area contributed by atoms with Crippen LogP contribution in [-0.4, -0.2) is 54.5 Å². The van der Waals surface area contributed by atoms with Crippen LogP contribution in [0.5, 0.6) is 0 Å². The fourth-order valence-corrected chi connectivity index (χ4v) is 3.10. The number of carbonyl (C=O) groups excluding carboxylic acids is 1. The average Bonchev–Trinajstić information content (AvgIpc) is 2.76. The van der Waals surface area contributed by atoms with Crippen LogP contribution in [0, 0.1) is 0 Å². The van der Waals surface area contributed by atoms with Crippen molar-refractivity contribution in [1.29, 1.82) is 0 Å². The monoisotopic (exact) mass is 311 g/mol. The Balaban J connectivity index is 0.00000162. The van der Waals surface area contributed by atoms with E-state index >= 15 is 0 Å². The highest BCUT2D eigenvalue weighted by atomic mass is 35.5. The predicted molar refractivity (Wildman–Crippen MR) is 83.2 cm³/mol. The number of carbonyl (C=O) groups is 1. The Morgan fingerprint density at radius 2 is 1.79 bits per heavy atom. The minimum atomic E-state index is -0.547. The molecule has 1 saturated carbocycles. The van der Waals surface area contributed by atoms with Gasteiger partial charge in [-0.05, 0) is 39.8 Å². The Bertz CT molecular complexity index is 294. The normalized spacial score (nSPS) is 25.7. The summed E-state index contributed by atoms with van der Waals surface area (Å²) in [5, 5.41) is 0. The molecule has 0 aromatic heterocycles. The van der Waals surface area contributed by atoms with Gasteiger partial charge in [0.1, 0.15) is 0 Å². The number of piperidine rings is 1. The van der Waals surface area contributed by atoms with Crippen LogP contribution in [0.2, 0.25) is 0 Å². The van der Waals surface area contributed by atoms with E-state index in [9.17, 15) is 4.79 Å². The van der Waals surface area contributed by atoms with E-state index in [-0.39, 0.29) is 30.7 Å². The van der Waals surface area contributed by atoms with Crippen molar-refractivity contribution in [2.45, 2.75) is 50.1 Å². The van der Waals surface area contributed by atoms with Crippen LogP contribution in [0.25, 0.3) is 0 Å². The second-order valence-corrected chi connectivity index (χ2v) is 5.87. The Morgan fingerprint density at radius 3 is 2.32 bits per heavy atom. The summed E-state index contributed by atoms with van der Waals surface area (Å²) in [5.41, 5.74) is 5.70. The Kier molecular flexibility index (Phi) is 7.66. The minimum Gasteiger partial charge on any atom is -0.340 e. The molecule has 1 saturated heterocycles. The third kappa shape index (κ3) is 4.22. The molecule has 4 nitrogen and oxygen atoms in total. The van der Waals surface area contributed by atoms with Gasteiger partial charge in [0.2, 0.25) is 5.91 Å². The topological polar surface area (TPSA) is 49.6 Å². The molecule has 1 aliphatic heterocycles. The highest BCUT2D eigenvalue weighted by Crippen LogP contribution is 2.30. The van der Waals surface area contributed by atoms with Gasteiger partial charge < -0.3 is 15.5 Å². The molecule has 0 aromatic rings. The van der Waals surface area contributed by atoms with Gasteiger partial charge in [0.05, 0.1) is 5.54 Å². The van der Waals surface area contributed by atoms with Crippen LogP contribution in [0.4, 0.5) is 0 Å². The van der Waals surface area contributed by atoms with E-state index in [1.165, 1.54) is 6.42 Å². The van der Waals surface area contributed by atoms with Gasteiger partial charge in [-0.15, -0.1) is 24.8 Å². The lowest BCUT2D eigenvalue weighted by Gasteiger charge is -2.39. The Labute approximate surface area is 128 Å². The number of hydrogen-bond acceptors (Lipinski definition) is 3. The van der Waals surface area contributed by atoms with E-state index in [4.69, 9.17) is 5.73 Å². The number of likely N-dealkylation sites (tertiary alicyclic amines) is 1. The molecule has 2 N–H and O–H groups in total. The molecule has 1 heterocycles. The maximum atomic E-state index is 12.5. The summed E-state index contributed by atoms with van der Waals surface area (Å²) in [4.78, 5) is 16.7. The van der Waals surface area contributed by atoms with Crippen LogP contribution in [0.1, 0.15) is 38.5 Å². The quantitative estimate of drug-likeness (QED) is 0.843. The standard InChI is InChI=1S/C13H25N3O.2ClH/c1-15(2)11-6-5-9-16(10-11)12(17)13(14)7-3-4-8-13;;/h11H,3-10,14H2,1-2H3;2*1H.